The molecule has 0 saturated carbocycles. The van der Waals surface area contributed by atoms with Crippen molar-refractivity contribution in [1.82, 2.24) is 5.32 Å². The van der Waals surface area contributed by atoms with Gasteiger partial charge in [-0.15, -0.1) is 0 Å². The number of amides is 1. The second-order valence-electron chi connectivity index (χ2n) is 5.09. The van der Waals surface area contributed by atoms with E-state index in [4.69, 9.17) is 0 Å². The number of allylic oxidation sites excluding steroid dienone is 1. The summed E-state index contributed by atoms with van der Waals surface area (Å²) >= 11 is 0. The molecule has 1 amide bonds. The van der Waals surface area contributed by atoms with E-state index in [1.807, 2.05) is 6.07 Å². The second-order valence-corrected chi connectivity index (χ2v) is 5.09. The number of nitro benzene ring substituents is 1. The summed E-state index contributed by atoms with van der Waals surface area (Å²) in [6.07, 6.45) is 0. The fourth-order valence-electron chi connectivity index (χ4n) is 2.75. The molecule has 0 spiro atoms. The van der Waals surface area contributed by atoms with Gasteiger partial charge in [-0.3, -0.25) is 19.7 Å². The number of hydrogen-bond acceptors (Lipinski definition) is 5. The molecule has 1 N–H and O–H groups in total. The number of nitrogens with zero attached hydrogens (tertiary/aromatic N) is 2. The number of nitrogens with one attached hydrogen (secondary N) is 1. The second kappa shape index (κ2) is 5.77. The third-order valence-corrected chi connectivity index (χ3v) is 3.70. The normalized spacial score (nSPS) is 24.3. The first kappa shape index (κ1) is 15.4. The highest BCUT2D eigenvalue weighted by Crippen LogP contribution is 2.40. The molecule has 0 bridgehead atoms. The first-order valence-corrected chi connectivity index (χ1v) is 6.51. The van der Waals surface area contributed by atoms with Gasteiger partial charge in [-0.1, -0.05) is 18.7 Å². The van der Waals surface area contributed by atoms with Crippen LogP contribution in [0.15, 0.2) is 36.5 Å². The number of nitriles is 1. The first-order valence-electron chi connectivity index (χ1n) is 6.51. The average Bonchev–Trinajstić information content (AvgIpc) is 2.46. The van der Waals surface area contributed by atoms with Crippen LogP contribution in [0.3, 0.4) is 0 Å². The molecular weight excluding hydrogens is 286 g/mol. The lowest BCUT2D eigenvalue weighted by atomic mass is 9.71. The molecule has 1 aliphatic heterocycles. The van der Waals surface area contributed by atoms with Crippen LogP contribution in [0.1, 0.15) is 18.4 Å². The Kier molecular flexibility index (Phi) is 4.04. The maximum atomic E-state index is 12.0. The summed E-state index contributed by atoms with van der Waals surface area (Å²) in [5.41, 5.74) is 0.450. The van der Waals surface area contributed by atoms with E-state index in [0.29, 0.717) is 5.56 Å². The van der Waals surface area contributed by atoms with Gasteiger partial charge in [0, 0.05) is 23.7 Å². The maximum Gasteiger partial charge on any atom is 0.269 e. The molecule has 22 heavy (non-hydrogen) atoms. The molecule has 1 aromatic rings. The standard InChI is InChI=1S/C15H13N3O4/c1-8-13(9(2)19)14(12(7-16)15(20)17-8)10-4-3-5-11(6-10)18(21)22/h3-6,12-14H,1H2,2H3,(H,17,20). The van der Waals surface area contributed by atoms with Gasteiger partial charge in [0.15, 0.2) is 0 Å². The van der Waals surface area contributed by atoms with Crippen molar-refractivity contribution in [1.29, 1.82) is 5.26 Å². The van der Waals surface area contributed by atoms with Crippen LogP contribution >= 0.6 is 0 Å². The van der Waals surface area contributed by atoms with Crippen molar-refractivity contribution >= 4 is 17.4 Å². The third-order valence-electron chi connectivity index (χ3n) is 3.70. The zero-order valence-corrected chi connectivity index (χ0v) is 11.8. The number of benzene rings is 1. The molecule has 0 radical (unpaired) electrons. The van der Waals surface area contributed by atoms with E-state index >= 15 is 0 Å². The van der Waals surface area contributed by atoms with Crippen molar-refractivity contribution in [3.05, 3.63) is 52.2 Å². The number of non-ortho nitro benzene ring substituents is 1. The van der Waals surface area contributed by atoms with Gasteiger partial charge in [0.05, 0.1) is 16.9 Å². The third kappa shape index (κ3) is 2.59. The van der Waals surface area contributed by atoms with Crippen LogP contribution in [0.5, 0.6) is 0 Å². The van der Waals surface area contributed by atoms with Crippen molar-refractivity contribution in [3.63, 3.8) is 0 Å². The Morgan fingerprint density at radius 1 is 1.50 bits per heavy atom. The molecule has 7 heteroatoms. The van der Waals surface area contributed by atoms with E-state index in [0.717, 1.165) is 0 Å². The number of Topliss-reactive ketones (excluding diaryl/α,β-unsaturated/α-hetero) is 1. The lowest BCUT2D eigenvalue weighted by Gasteiger charge is -2.35. The molecular formula is C15H13N3O4. The highest BCUT2D eigenvalue weighted by molar-refractivity contribution is 5.91. The van der Waals surface area contributed by atoms with Crippen LogP contribution in [0.25, 0.3) is 0 Å². The SMILES string of the molecule is C=C1NC(=O)C(C#N)C(c2cccc([N+](=O)[O-])c2)C1C(C)=O. The van der Waals surface area contributed by atoms with Gasteiger partial charge in [-0.2, -0.15) is 5.26 Å². The molecule has 0 aliphatic carbocycles. The predicted octanol–water partition coefficient (Wildman–Crippen LogP) is 1.67. The molecule has 1 aromatic carbocycles. The molecule has 1 fully saturated rings. The molecule has 3 unspecified atom stereocenters. The molecule has 7 nitrogen and oxygen atoms in total. The topological polar surface area (TPSA) is 113 Å². The van der Waals surface area contributed by atoms with Crippen molar-refractivity contribution in [2.75, 3.05) is 0 Å². The minimum atomic E-state index is -1.11. The van der Waals surface area contributed by atoms with Gasteiger partial charge in [0.25, 0.3) is 5.69 Å². The van der Waals surface area contributed by atoms with Crippen LogP contribution in [0, 0.1) is 33.3 Å². The molecule has 112 valence electrons. The first-order chi connectivity index (χ1) is 10.4. The van der Waals surface area contributed by atoms with Gasteiger partial charge in [0.2, 0.25) is 5.91 Å². The smallest absolute Gasteiger partial charge is 0.269 e. The number of nitro groups is 1. The maximum absolute atomic E-state index is 12.0. The predicted molar refractivity (Wildman–Crippen MR) is 76.4 cm³/mol. The number of ketones is 1. The van der Waals surface area contributed by atoms with Crippen LogP contribution in [0.4, 0.5) is 5.69 Å². The van der Waals surface area contributed by atoms with Gasteiger partial charge in [0.1, 0.15) is 11.7 Å². The van der Waals surface area contributed by atoms with Crippen molar-refractivity contribution < 1.29 is 14.5 Å². The summed E-state index contributed by atoms with van der Waals surface area (Å²) in [5, 5.41) is 22.6. The van der Waals surface area contributed by atoms with E-state index in [-0.39, 0.29) is 17.2 Å². The minimum absolute atomic E-state index is 0.159. The van der Waals surface area contributed by atoms with Crippen molar-refractivity contribution in [2.45, 2.75) is 12.8 Å². The van der Waals surface area contributed by atoms with Crippen LogP contribution in [-0.4, -0.2) is 16.6 Å². The summed E-state index contributed by atoms with van der Waals surface area (Å²) in [5.74, 6) is -3.50. The Morgan fingerprint density at radius 2 is 2.18 bits per heavy atom. The monoisotopic (exact) mass is 299 g/mol. The van der Waals surface area contributed by atoms with E-state index in [1.54, 1.807) is 6.07 Å². The average molecular weight is 299 g/mol. The molecule has 1 aliphatic rings. The van der Waals surface area contributed by atoms with E-state index in [1.165, 1.54) is 25.1 Å². The van der Waals surface area contributed by atoms with Crippen LogP contribution in [-0.2, 0) is 9.59 Å². The fourth-order valence-corrected chi connectivity index (χ4v) is 2.75. The zero-order valence-electron chi connectivity index (χ0n) is 11.8. The molecule has 1 heterocycles. The number of carbonyl (C=O) groups is 2. The van der Waals surface area contributed by atoms with E-state index in [9.17, 15) is 25.0 Å². The Hall–Kier alpha value is -3.01. The van der Waals surface area contributed by atoms with E-state index < -0.39 is 28.6 Å². The Bertz CT molecular complexity index is 720. The zero-order chi connectivity index (χ0) is 16.4. The van der Waals surface area contributed by atoms with Crippen LogP contribution < -0.4 is 5.32 Å². The number of carbonyl (C=O) groups excluding carboxylic acids is 2. The Labute approximate surface area is 126 Å². The van der Waals surface area contributed by atoms with Gasteiger partial charge in [-0.25, -0.2) is 0 Å². The summed E-state index contributed by atoms with van der Waals surface area (Å²) < 4.78 is 0. The number of rotatable bonds is 3. The number of piperidine rings is 1. The summed E-state index contributed by atoms with van der Waals surface area (Å²) in [4.78, 5) is 34.2. The van der Waals surface area contributed by atoms with Crippen LogP contribution in [0.2, 0.25) is 0 Å². The quantitative estimate of drug-likeness (QED) is 0.673. The molecule has 3 atom stereocenters. The van der Waals surface area contributed by atoms with Crippen molar-refractivity contribution in [3.8, 4) is 6.07 Å². The Morgan fingerprint density at radius 3 is 2.73 bits per heavy atom. The highest BCUT2D eigenvalue weighted by atomic mass is 16.6. The molecule has 0 aromatic heterocycles. The minimum Gasteiger partial charge on any atom is -0.328 e. The van der Waals surface area contributed by atoms with E-state index in [2.05, 4.69) is 11.9 Å². The summed E-state index contributed by atoms with van der Waals surface area (Å²) in [6, 6.07) is 7.52. The highest BCUT2D eigenvalue weighted by Gasteiger charge is 2.44. The van der Waals surface area contributed by atoms with Gasteiger partial charge >= 0.3 is 0 Å². The Balaban J connectivity index is 2.59. The largest absolute Gasteiger partial charge is 0.328 e. The van der Waals surface area contributed by atoms with Gasteiger partial charge < -0.3 is 5.32 Å². The fraction of sp³-hybridized carbons (Fsp3) is 0.267. The lowest BCUT2D eigenvalue weighted by Crippen LogP contribution is -2.46. The van der Waals surface area contributed by atoms with Crippen molar-refractivity contribution in [2.24, 2.45) is 11.8 Å². The molecule has 1 saturated heterocycles. The lowest BCUT2D eigenvalue weighted by molar-refractivity contribution is -0.384. The number of hydrogen-bond donors (Lipinski definition) is 1. The molecule has 2 rings (SSSR count). The summed E-state index contributed by atoms with van der Waals surface area (Å²) in [6.45, 7) is 5.01. The van der Waals surface area contributed by atoms with Gasteiger partial charge in [-0.05, 0) is 12.5 Å². The summed E-state index contributed by atoms with van der Waals surface area (Å²) in [7, 11) is 0.